The number of furan rings is 1. The summed E-state index contributed by atoms with van der Waals surface area (Å²) < 4.78 is 6.69. The second-order valence-corrected chi connectivity index (χ2v) is 20.1. The largest absolute Gasteiger partial charge is 0.455 e. The molecule has 73 heavy (non-hydrogen) atoms. The predicted octanol–water partition coefficient (Wildman–Crippen LogP) is 19.6. The normalized spacial score (nSPS) is 14.1. The Kier molecular flexibility index (Phi) is 10.5. The number of hydrogen-bond acceptors (Lipinski definition) is 2. The molecule has 0 bridgehead atoms. The summed E-state index contributed by atoms with van der Waals surface area (Å²) in [6.45, 7) is 0. The molecule has 0 saturated heterocycles. The van der Waals surface area contributed by atoms with Gasteiger partial charge in [0.25, 0.3) is 0 Å². The summed E-state index contributed by atoms with van der Waals surface area (Å²) in [5.41, 5.74) is 20.6. The highest BCUT2D eigenvalue weighted by Crippen LogP contribution is 2.57. The van der Waals surface area contributed by atoms with Crippen LogP contribution in [-0.4, -0.2) is 0 Å². The van der Waals surface area contributed by atoms with Gasteiger partial charge in [-0.25, -0.2) is 0 Å². The first-order valence-electron chi connectivity index (χ1n) is 26.1. The van der Waals surface area contributed by atoms with Gasteiger partial charge >= 0.3 is 0 Å². The number of rotatable bonds is 9. The van der Waals surface area contributed by atoms with Gasteiger partial charge in [0.2, 0.25) is 0 Å². The van der Waals surface area contributed by atoms with Gasteiger partial charge in [0.1, 0.15) is 11.2 Å². The summed E-state index contributed by atoms with van der Waals surface area (Å²) in [6.07, 6.45) is 6.37. The molecule has 11 aromatic carbocycles. The van der Waals surface area contributed by atoms with Gasteiger partial charge in [-0.1, -0.05) is 238 Å². The van der Waals surface area contributed by atoms with Crippen molar-refractivity contribution in [2.24, 2.45) is 0 Å². The van der Waals surface area contributed by atoms with E-state index in [0.717, 1.165) is 61.3 Å². The average molecular weight is 936 g/mol. The van der Waals surface area contributed by atoms with Crippen molar-refractivity contribution < 1.29 is 4.42 Å². The van der Waals surface area contributed by atoms with E-state index in [9.17, 15) is 0 Å². The smallest absolute Gasteiger partial charge is 0.143 e. The molecular weight excluding hydrogens is 883 g/mol. The van der Waals surface area contributed by atoms with Crippen LogP contribution in [0.2, 0.25) is 0 Å². The van der Waals surface area contributed by atoms with Crippen LogP contribution in [0.3, 0.4) is 0 Å². The van der Waals surface area contributed by atoms with E-state index in [2.05, 4.69) is 260 Å². The molecule has 0 N–H and O–H groups in total. The van der Waals surface area contributed by atoms with Crippen LogP contribution >= 0.6 is 0 Å². The first-order chi connectivity index (χ1) is 36.2. The van der Waals surface area contributed by atoms with Gasteiger partial charge in [-0.05, 0) is 122 Å². The molecule has 0 atom stereocenters. The summed E-state index contributed by atoms with van der Waals surface area (Å²) in [6, 6.07) is 94.6. The second kappa shape index (κ2) is 17.8. The average Bonchev–Trinajstić information content (AvgIpc) is 4.04. The van der Waals surface area contributed by atoms with Gasteiger partial charge in [-0.3, -0.25) is 0 Å². The SMILES string of the molecule is c1ccc(C2(c3ccccc3)c3ccccc3-c3ccc(-c4ccccc4N(c4cccc(-c5cccc6c5oc5ccccc56)c4)c4ccccc4-c4cccc5cccc(C6CCCCC6)c45)cc32)cc1. The monoisotopic (exact) mass is 935 g/mol. The Morgan fingerprint density at radius 3 is 1.75 bits per heavy atom. The minimum absolute atomic E-state index is 0.526. The molecule has 348 valence electrons. The molecule has 1 saturated carbocycles. The van der Waals surface area contributed by atoms with Crippen LogP contribution in [0.4, 0.5) is 17.1 Å². The van der Waals surface area contributed by atoms with Crippen LogP contribution in [0, 0.1) is 0 Å². The topological polar surface area (TPSA) is 16.4 Å². The lowest BCUT2D eigenvalue weighted by atomic mass is 9.67. The molecule has 0 spiro atoms. The van der Waals surface area contributed by atoms with E-state index in [1.54, 1.807) is 0 Å². The number of anilines is 3. The number of hydrogen-bond donors (Lipinski definition) is 0. The quantitative estimate of drug-likeness (QED) is 0.143. The van der Waals surface area contributed by atoms with Crippen molar-refractivity contribution in [3.8, 4) is 44.5 Å². The van der Waals surface area contributed by atoms with Crippen molar-refractivity contribution in [3.63, 3.8) is 0 Å². The lowest BCUT2D eigenvalue weighted by Gasteiger charge is -2.34. The zero-order valence-corrected chi connectivity index (χ0v) is 40.7. The van der Waals surface area contributed by atoms with Gasteiger partial charge in [-0.15, -0.1) is 0 Å². The van der Waals surface area contributed by atoms with E-state index in [0.29, 0.717) is 5.92 Å². The Hall–Kier alpha value is -8.72. The van der Waals surface area contributed by atoms with Crippen molar-refractivity contribution in [1.82, 2.24) is 0 Å². The molecule has 1 aromatic heterocycles. The maximum absolute atomic E-state index is 6.69. The first-order valence-corrected chi connectivity index (χ1v) is 26.1. The summed E-state index contributed by atoms with van der Waals surface area (Å²) in [7, 11) is 0. The van der Waals surface area contributed by atoms with Crippen molar-refractivity contribution in [2.75, 3.05) is 4.90 Å². The fraction of sp³-hybridized carbons (Fsp3) is 0.0986. The van der Waals surface area contributed by atoms with Gasteiger partial charge in [0.05, 0.1) is 16.8 Å². The second-order valence-electron chi connectivity index (χ2n) is 20.1. The standard InChI is InChI=1S/C71H53NO/c1-4-22-48(23-5-1)56-36-19-24-49-25-20-38-62(69(49)56)60-34-12-16-42-67(60)72(54-31-18-26-50(46-54)57-37-21-39-63-61-35-13-17-43-68(61)73-70(57)63)66-41-15-11-32-55(66)51-44-45-59-58-33-10-14-40-64(58)71(65(59)47-51,52-27-6-2-7-28-52)53-29-8-3-9-30-53/h2-3,6-21,24-48H,1,4-5,22-23H2. The van der Waals surface area contributed by atoms with E-state index in [4.69, 9.17) is 4.42 Å². The van der Waals surface area contributed by atoms with Crippen molar-refractivity contribution in [3.05, 3.63) is 283 Å². The molecule has 2 aliphatic rings. The summed E-state index contributed by atoms with van der Waals surface area (Å²) in [5.74, 6) is 0.546. The van der Waals surface area contributed by atoms with Crippen LogP contribution in [-0.2, 0) is 5.41 Å². The zero-order chi connectivity index (χ0) is 48.3. The van der Waals surface area contributed by atoms with E-state index in [1.165, 1.54) is 92.9 Å². The molecule has 0 amide bonds. The Morgan fingerprint density at radius 2 is 0.959 bits per heavy atom. The zero-order valence-electron chi connectivity index (χ0n) is 40.7. The van der Waals surface area contributed by atoms with E-state index >= 15 is 0 Å². The van der Waals surface area contributed by atoms with Crippen LogP contribution < -0.4 is 4.90 Å². The molecule has 14 rings (SSSR count). The van der Waals surface area contributed by atoms with Gasteiger partial charge in [0.15, 0.2) is 0 Å². The predicted molar refractivity (Wildman–Crippen MR) is 305 cm³/mol. The number of benzene rings is 11. The molecule has 1 heterocycles. The number of fused-ring (bicyclic) bond motifs is 7. The molecule has 2 heteroatoms. The minimum atomic E-state index is -0.526. The van der Waals surface area contributed by atoms with Crippen LogP contribution in [0.1, 0.15) is 65.8 Å². The fourth-order valence-corrected chi connectivity index (χ4v) is 13.0. The van der Waals surface area contributed by atoms with Gasteiger partial charge in [-0.2, -0.15) is 0 Å². The summed E-state index contributed by atoms with van der Waals surface area (Å²) in [4.78, 5) is 2.53. The maximum Gasteiger partial charge on any atom is 0.143 e. The van der Waals surface area contributed by atoms with Crippen LogP contribution in [0.25, 0.3) is 77.2 Å². The minimum Gasteiger partial charge on any atom is -0.455 e. The van der Waals surface area contributed by atoms with E-state index in [-0.39, 0.29) is 0 Å². The Morgan fingerprint density at radius 1 is 0.384 bits per heavy atom. The first kappa shape index (κ1) is 43.1. The van der Waals surface area contributed by atoms with E-state index in [1.807, 2.05) is 0 Å². The maximum atomic E-state index is 6.69. The fourth-order valence-electron chi connectivity index (χ4n) is 13.0. The molecule has 2 nitrogen and oxygen atoms in total. The van der Waals surface area contributed by atoms with Crippen molar-refractivity contribution in [2.45, 2.75) is 43.4 Å². The molecule has 12 aromatic rings. The molecule has 1 fully saturated rings. The molecule has 0 radical (unpaired) electrons. The third-order valence-corrected chi connectivity index (χ3v) is 16.2. The highest BCUT2D eigenvalue weighted by molar-refractivity contribution is 6.10. The van der Waals surface area contributed by atoms with Crippen molar-refractivity contribution >= 4 is 49.8 Å². The number of nitrogens with zero attached hydrogens (tertiary/aromatic N) is 1. The Labute approximate surface area is 427 Å². The van der Waals surface area contributed by atoms with Crippen LogP contribution in [0.15, 0.2) is 259 Å². The Balaban J connectivity index is 1.01. The van der Waals surface area contributed by atoms with E-state index < -0.39 is 5.41 Å². The molecular formula is C71H53NO. The molecule has 0 aliphatic heterocycles. The van der Waals surface area contributed by atoms with Crippen molar-refractivity contribution in [1.29, 1.82) is 0 Å². The van der Waals surface area contributed by atoms with Gasteiger partial charge < -0.3 is 9.32 Å². The van der Waals surface area contributed by atoms with Crippen LogP contribution in [0.5, 0.6) is 0 Å². The highest BCUT2D eigenvalue weighted by Gasteiger charge is 2.46. The summed E-state index contributed by atoms with van der Waals surface area (Å²) in [5, 5.41) is 4.92. The highest BCUT2D eigenvalue weighted by atomic mass is 16.3. The molecule has 0 unspecified atom stereocenters. The lowest BCUT2D eigenvalue weighted by Crippen LogP contribution is -2.28. The van der Waals surface area contributed by atoms with Gasteiger partial charge in [0, 0.05) is 33.2 Å². The molecule has 2 aliphatic carbocycles. The third kappa shape index (κ3) is 7.00. The number of para-hydroxylation sites is 4. The third-order valence-electron chi connectivity index (χ3n) is 16.2. The summed E-state index contributed by atoms with van der Waals surface area (Å²) >= 11 is 0. The Bertz CT molecular complexity index is 3980. The lowest BCUT2D eigenvalue weighted by molar-refractivity contribution is 0.445.